The average Bonchev–Trinajstić information content (AvgIpc) is 1.79. The number of piperidine rings is 2. The minimum atomic E-state index is 0. The maximum atomic E-state index is 6.21. The largest absolute Gasteiger partial charge is 0.313 e. The van der Waals surface area contributed by atoms with E-state index in [1.165, 1.54) is 32.1 Å². The zero-order valence-corrected chi connectivity index (χ0v) is 9.29. The van der Waals surface area contributed by atoms with E-state index in [0.717, 1.165) is 17.9 Å². The van der Waals surface area contributed by atoms with Crippen LogP contribution in [0.4, 0.5) is 0 Å². The van der Waals surface area contributed by atoms with Crippen LogP contribution in [0.15, 0.2) is 0 Å². The molecule has 2 aliphatic heterocycles. The molecule has 4 bridgehead atoms. The lowest BCUT2D eigenvalue weighted by Gasteiger charge is -2.55. The van der Waals surface area contributed by atoms with Crippen LogP contribution in [-0.2, 0) is 0 Å². The first-order valence-electron chi connectivity index (χ1n) is 4.80. The van der Waals surface area contributed by atoms with Gasteiger partial charge in [-0.2, -0.15) is 0 Å². The van der Waals surface area contributed by atoms with Gasteiger partial charge in [0, 0.05) is 6.04 Å². The Morgan fingerprint density at radius 3 is 1.92 bits per heavy atom. The van der Waals surface area contributed by atoms with E-state index in [9.17, 15) is 0 Å². The summed E-state index contributed by atoms with van der Waals surface area (Å²) < 4.78 is 0. The number of nitrogens with two attached hydrogens (primary N) is 1. The smallest absolute Gasteiger partial charge is 0.0669 e. The first kappa shape index (κ1) is 11.6. The van der Waals surface area contributed by atoms with Crippen LogP contribution in [-0.4, -0.2) is 11.7 Å². The zero-order valence-electron chi connectivity index (χ0n) is 7.66. The summed E-state index contributed by atoms with van der Waals surface area (Å²) in [6, 6.07) is 0.770. The van der Waals surface area contributed by atoms with Crippen LogP contribution in [0.2, 0.25) is 0 Å². The van der Waals surface area contributed by atoms with E-state index in [4.69, 9.17) is 5.73 Å². The molecule has 4 heteroatoms. The van der Waals surface area contributed by atoms with Crippen LogP contribution in [0, 0.1) is 11.8 Å². The molecule has 0 aromatic heterocycles. The van der Waals surface area contributed by atoms with E-state index in [0.29, 0.717) is 0 Å². The molecule has 2 atom stereocenters. The predicted octanol–water partition coefficient (Wildman–Crippen LogP) is 1.67. The third-order valence-electron chi connectivity index (χ3n) is 3.70. The van der Waals surface area contributed by atoms with Crippen molar-refractivity contribution in [2.24, 2.45) is 17.6 Å². The summed E-state index contributed by atoms with van der Waals surface area (Å²) >= 11 is 0. The summed E-state index contributed by atoms with van der Waals surface area (Å²) in [6.45, 7) is 0. The van der Waals surface area contributed by atoms with E-state index < -0.39 is 0 Å². The molecule has 2 unspecified atom stereocenters. The van der Waals surface area contributed by atoms with Gasteiger partial charge in [-0.05, 0) is 43.9 Å². The van der Waals surface area contributed by atoms with Crippen LogP contribution in [0.3, 0.4) is 0 Å². The molecular formula is C9H18Cl2N2. The van der Waals surface area contributed by atoms with Crippen LogP contribution < -0.4 is 11.1 Å². The Morgan fingerprint density at radius 2 is 1.54 bits per heavy atom. The third-order valence-corrected chi connectivity index (χ3v) is 3.70. The fourth-order valence-electron chi connectivity index (χ4n) is 3.65. The lowest BCUT2D eigenvalue weighted by Crippen LogP contribution is -2.68. The molecule has 4 fully saturated rings. The molecule has 2 saturated heterocycles. The molecule has 78 valence electrons. The van der Waals surface area contributed by atoms with Gasteiger partial charge in [0.15, 0.2) is 0 Å². The highest BCUT2D eigenvalue weighted by Gasteiger charge is 2.48. The highest BCUT2D eigenvalue weighted by atomic mass is 35.5. The normalized spacial score (nSPS) is 51.0. The first-order valence-corrected chi connectivity index (χ1v) is 4.80. The van der Waals surface area contributed by atoms with Crippen molar-refractivity contribution in [3.05, 3.63) is 0 Å². The lowest BCUT2D eigenvalue weighted by atomic mass is 9.62. The second kappa shape index (κ2) is 3.58. The summed E-state index contributed by atoms with van der Waals surface area (Å²) in [5.41, 5.74) is 6.26. The Hall–Kier alpha value is 0.500. The highest BCUT2D eigenvalue weighted by molar-refractivity contribution is 5.85. The molecule has 3 N–H and O–H groups in total. The van der Waals surface area contributed by atoms with Gasteiger partial charge in [-0.15, -0.1) is 24.8 Å². The minimum absolute atomic E-state index is 0. The first-order chi connectivity index (χ1) is 5.23. The monoisotopic (exact) mass is 224 g/mol. The van der Waals surface area contributed by atoms with Crippen molar-refractivity contribution in [1.29, 1.82) is 0 Å². The minimum Gasteiger partial charge on any atom is -0.313 e. The van der Waals surface area contributed by atoms with Gasteiger partial charge in [0.25, 0.3) is 0 Å². The number of nitrogens with one attached hydrogen (secondary N) is 1. The van der Waals surface area contributed by atoms with Crippen molar-refractivity contribution in [2.45, 2.75) is 43.8 Å². The fraction of sp³-hybridized carbons (Fsp3) is 1.00. The highest BCUT2D eigenvalue weighted by Crippen LogP contribution is 2.47. The molecule has 4 aliphatic rings. The van der Waals surface area contributed by atoms with Crippen molar-refractivity contribution in [3.8, 4) is 0 Å². The molecule has 13 heavy (non-hydrogen) atoms. The van der Waals surface area contributed by atoms with Gasteiger partial charge in [0.05, 0.1) is 5.66 Å². The fourth-order valence-corrected chi connectivity index (χ4v) is 3.65. The number of hydrogen-bond donors (Lipinski definition) is 2. The van der Waals surface area contributed by atoms with Crippen LogP contribution in [0.1, 0.15) is 32.1 Å². The zero-order chi connectivity index (χ0) is 7.47. The van der Waals surface area contributed by atoms with Crippen molar-refractivity contribution < 1.29 is 0 Å². The van der Waals surface area contributed by atoms with Crippen LogP contribution >= 0.6 is 24.8 Å². The maximum absolute atomic E-state index is 6.21. The van der Waals surface area contributed by atoms with Crippen LogP contribution in [0.25, 0.3) is 0 Å². The molecule has 2 aliphatic carbocycles. The van der Waals surface area contributed by atoms with E-state index >= 15 is 0 Å². The maximum Gasteiger partial charge on any atom is 0.0669 e. The summed E-state index contributed by atoms with van der Waals surface area (Å²) in [5, 5.41) is 3.57. The summed E-state index contributed by atoms with van der Waals surface area (Å²) in [6.07, 6.45) is 6.74. The molecule has 0 aromatic carbocycles. The van der Waals surface area contributed by atoms with Gasteiger partial charge >= 0.3 is 0 Å². The van der Waals surface area contributed by atoms with E-state index in [1.54, 1.807) is 0 Å². The molecule has 0 amide bonds. The quantitative estimate of drug-likeness (QED) is 0.658. The van der Waals surface area contributed by atoms with Crippen molar-refractivity contribution in [2.75, 3.05) is 0 Å². The Bertz CT molecular complexity index is 161. The molecule has 2 nitrogen and oxygen atoms in total. The van der Waals surface area contributed by atoms with Crippen molar-refractivity contribution >= 4 is 24.8 Å². The number of halogens is 2. The van der Waals surface area contributed by atoms with Gasteiger partial charge in [0.1, 0.15) is 0 Å². The van der Waals surface area contributed by atoms with Gasteiger partial charge in [-0.3, -0.25) is 5.32 Å². The van der Waals surface area contributed by atoms with Crippen molar-refractivity contribution in [3.63, 3.8) is 0 Å². The average molecular weight is 225 g/mol. The predicted molar refractivity (Wildman–Crippen MR) is 58.4 cm³/mol. The van der Waals surface area contributed by atoms with Gasteiger partial charge in [-0.1, -0.05) is 0 Å². The van der Waals surface area contributed by atoms with Gasteiger partial charge in [0.2, 0.25) is 0 Å². The van der Waals surface area contributed by atoms with E-state index in [-0.39, 0.29) is 30.5 Å². The molecular weight excluding hydrogens is 207 g/mol. The molecule has 4 rings (SSSR count). The lowest BCUT2D eigenvalue weighted by molar-refractivity contribution is 0.00106. The second-order valence-corrected chi connectivity index (χ2v) is 4.84. The van der Waals surface area contributed by atoms with Crippen LogP contribution in [0.5, 0.6) is 0 Å². The Balaban J connectivity index is 0.000000422. The molecule has 0 aromatic rings. The van der Waals surface area contributed by atoms with Crippen molar-refractivity contribution in [1.82, 2.24) is 5.32 Å². The molecule has 0 spiro atoms. The third kappa shape index (κ3) is 1.82. The second-order valence-electron chi connectivity index (χ2n) is 4.84. The Morgan fingerprint density at radius 1 is 1.00 bits per heavy atom. The Kier molecular flexibility index (Phi) is 3.18. The molecule has 2 saturated carbocycles. The summed E-state index contributed by atoms with van der Waals surface area (Å²) in [5.74, 6) is 1.91. The Labute approximate surface area is 91.8 Å². The number of rotatable bonds is 0. The SMILES string of the molecule is Cl.Cl.NC12CC3CC(CC(C3)N1)C2. The van der Waals surface area contributed by atoms with Gasteiger partial charge < -0.3 is 5.73 Å². The standard InChI is InChI=1S/C9H16N2.2ClH/c10-9-4-6-1-7(5-9)3-8(2-6)11-9;;/h6-8,11H,1-5,10H2;2*1H. The molecule has 0 radical (unpaired) electrons. The van der Waals surface area contributed by atoms with E-state index in [1.807, 2.05) is 0 Å². The summed E-state index contributed by atoms with van der Waals surface area (Å²) in [7, 11) is 0. The van der Waals surface area contributed by atoms with Gasteiger partial charge in [-0.25, -0.2) is 0 Å². The topological polar surface area (TPSA) is 38.0 Å². The van der Waals surface area contributed by atoms with E-state index in [2.05, 4.69) is 5.32 Å². The summed E-state index contributed by atoms with van der Waals surface area (Å²) in [4.78, 5) is 0. The molecule has 2 heterocycles. The number of hydrogen-bond acceptors (Lipinski definition) is 2.